The SMILES string of the molecule is Cl.Cl.NC(CNC(=O)c1cnc(-c2ccccc2F)s1)C1CC1. The number of nitrogens with two attached hydrogens (primary N) is 1. The molecule has 1 atom stereocenters. The molecule has 126 valence electrons. The number of carbonyl (C=O) groups excluding carboxylic acids is 1. The fraction of sp³-hybridized carbons (Fsp3) is 0.333. The lowest BCUT2D eigenvalue weighted by atomic mass is 10.2. The van der Waals surface area contributed by atoms with E-state index >= 15 is 0 Å². The summed E-state index contributed by atoms with van der Waals surface area (Å²) >= 11 is 1.18. The van der Waals surface area contributed by atoms with Crippen LogP contribution in [0.1, 0.15) is 22.5 Å². The Labute approximate surface area is 150 Å². The highest BCUT2D eigenvalue weighted by atomic mass is 35.5. The van der Waals surface area contributed by atoms with E-state index in [0.29, 0.717) is 27.9 Å². The Kier molecular flexibility index (Phi) is 7.41. The maximum absolute atomic E-state index is 13.7. The highest BCUT2D eigenvalue weighted by Gasteiger charge is 2.28. The number of nitrogens with one attached hydrogen (secondary N) is 1. The molecule has 0 saturated heterocycles. The second kappa shape index (κ2) is 8.59. The first-order chi connectivity index (χ1) is 10.1. The van der Waals surface area contributed by atoms with Crippen molar-refractivity contribution in [2.45, 2.75) is 18.9 Å². The van der Waals surface area contributed by atoms with E-state index < -0.39 is 0 Å². The third-order valence-corrected chi connectivity index (χ3v) is 4.59. The van der Waals surface area contributed by atoms with Crippen LogP contribution in [-0.4, -0.2) is 23.5 Å². The van der Waals surface area contributed by atoms with Crippen LogP contribution in [0.2, 0.25) is 0 Å². The average Bonchev–Trinajstić information content (AvgIpc) is 3.23. The van der Waals surface area contributed by atoms with Crippen molar-refractivity contribution in [3.8, 4) is 10.6 Å². The Bertz CT molecular complexity index is 664. The van der Waals surface area contributed by atoms with E-state index in [-0.39, 0.29) is 42.6 Å². The first-order valence-electron chi connectivity index (χ1n) is 6.89. The Balaban J connectivity index is 0.00000132. The standard InChI is InChI=1S/C15H16FN3OS.2ClH/c16-11-4-2-1-3-10(11)15-19-8-13(21-15)14(20)18-7-12(17)9-5-6-9;;/h1-4,8-9,12H,5-7,17H2,(H,18,20);2*1H. The van der Waals surface area contributed by atoms with Crippen LogP contribution in [-0.2, 0) is 0 Å². The van der Waals surface area contributed by atoms with Gasteiger partial charge in [0.25, 0.3) is 5.91 Å². The number of aromatic nitrogens is 1. The molecule has 1 aromatic carbocycles. The predicted molar refractivity (Wildman–Crippen MR) is 95.0 cm³/mol. The molecule has 23 heavy (non-hydrogen) atoms. The maximum Gasteiger partial charge on any atom is 0.263 e. The van der Waals surface area contributed by atoms with Crippen molar-refractivity contribution in [1.29, 1.82) is 0 Å². The van der Waals surface area contributed by atoms with Crippen molar-refractivity contribution in [3.05, 3.63) is 41.2 Å². The summed E-state index contributed by atoms with van der Waals surface area (Å²) < 4.78 is 13.7. The van der Waals surface area contributed by atoms with Crippen LogP contribution in [0.15, 0.2) is 30.5 Å². The van der Waals surface area contributed by atoms with E-state index in [4.69, 9.17) is 5.73 Å². The Hall–Kier alpha value is -1.21. The fourth-order valence-corrected chi connectivity index (χ4v) is 2.99. The first kappa shape index (κ1) is 19.8. The van der Waals surface area contributed by atoms with Gasteiger partial charge in [0.15, 0.2) is 0 Å². The van der Waals surface area contributed by atoms with Gasteiger partial charge in [0.2, 0.25) is 0 Å². The number of amides is 1. The summed E-state index contributed by atoms with van der Waals surface area (Å²) in [6.07, 6.45) is 3.77. The lowest BCUT2D eigenvalue weighted by Gasteiger charge is -2.10. The molecule has 3 N–H and O–H groups in total. The molecule has 1 aromatic heterocycles. The molecular formula is C15H18Cl2FN3OS. The van der Waals surface area contributed by atoms with Crippen molar-refractivity contribution in [2.24, 2.45) is 11.7 Å². The molecule has 1 fully saturated rings. The largest absolute Gasteiger partial charge is 0.350 e. The molecule has 1 aliphatic rings. The number of hydrogen-bond donors (Lipinski definition) is 2. The Morgan fingerprint density at radius 2 is 2.09 bits per heavy atom. The summed E-state index contributed by atoms with van der Waals surface area (Å²) in [5.74, 6) is 0.00138. The van der Waals surface area contributed by atoms with Crippen molar-refractivity contribution < 1.29 is 9.18 Å². The van der Waals surface area contributed by atoms with Crippen LogP contribution in [0.4, 0.5) is 4.39 Å². The highest BCUT2D eigenvalue weighted by Crippen LogP contribution is 2.31. The molecule has 0 bridgehead atoms. The monoisotopic (exact) mass is 377 g/mol. The predicted octanol–water partition coefficient (Wildman–Crippen LogP) is 3.26. The number of halogens is 3. The van der Waals surface area contributed by atoms with E-state index in [9.17, 15) is 9.18 Å². The summed E-state index contributed by atoms with van der Waals surface area (Å²) in [7, 11) is 0. The zero-order valence-electron chi connectivity index (χ0n) is 12.2. The maximum atomic E-state index is 13.7. The number of carbonyl (C=O) groups is 1. The van der Waals surface area contributed by atoms with Gasteiger partial charge in [0.05, 0.1) is 6.20 Å². The number of nitrogens with zero attached hydrogens (tertiary/aromatic N) is 1. The Morgan fingerprint density at radius 3 is 2.74 bits per heavy atom. The second-order valence-electron chi connectivity index (χ2n) is 5.22. The van der Waals surface area contributed by atoms with Crippen LogP contribution < -0.4 is 11.1 Å². The Morgan fingerprint density at radius 1 is 1.39 bits per heavy atom. The molecule has 2 aromatic rings. The molecule has 1 aliphatic carbocycles. The van der Waals surface area contributed by atoms with E-state index in [0.717, 1.165) is 12.8 Å². The molecule has 8 heteroatoms. The normalized spacial score (nSPS) is 14.3. The number of hydrogen-bond acceptors (Lipinski definition) is 4. The molecule has 1 unspecified atom stereocenters. The van der Waals surface area contributed by atoms with Gasteiger partial charge in [-0.2, -0.15) is 0 Å². The second-order valence-corrected chi connectivity index (χ2v) is 6.25. The smallest absolute Gasteiger partial charge is 0.263 e. The summed E-state index contributed by atoms with van der Waals surface area (Å²) in [6.45, 7) is 0.469. The molecule has 0 aliphatic heterocycles. The van der Waals surface area contributed by atoms with Crippen molar-refractivity contribution in [2.75, 3.05) is 6.54 Å². The molecular weight excluding hydrogens is 360 g/mol. The fourth-order valence-electron chi connectivity index (χ4n) is 2.13. The van der Waals surface area contributed by atoms with Crippen molar-refractivity contribution in [1.82, 2.24) is 10.3 Å². The van der Waals surface area contributed by atoms with Gasteiger partial charge in [-0.15, -0.1) is 36.2 Å². The molecule has 1 amide bonds. The van der Waals surface area contributed by atoms with Crippen LogP contribution >= 0.6 is 36.2 Å². The van der Waals surface area contributed by atoms with Gasteiger partial charge in [-0.1, -0.05) is 12.1 Å². The third kappa shape index (κ3) is 4.88. The minimum absolute atomic E-state index is 0. The summed E-state index contributed by atoms with van der Waals surface area (Å²) in [5, 5.41) is 3.32. The molecule has 4 nitrogen and oxygen atoms in total. The molecule has 3 rings (SSSR count). The van der Waals surface area contributed by atoms with Gasteiger partial charge >= 0.3 is 0 Å². The van der Waals surface area contributed by atoms with Crippen molar-refractivity contribution in [3.63, 3.8) is 0 Å². The minimum Gasteiger partial charge on any atom is -0.350 e. The van der Waals surface area contributed by atoms with Crippen molar-refractivity contribution >= 4 is 42.1 Å². The summed E-state index contributed by atoms with van der Waals surface area (Å²) in [4.78, 5) is 16.6. The van der Waals surface area contributed by atoms with Crippen LogP contribution in [0.25, 0.3) is 10.6 Å². The first-order valence-corrected chi connectivity index (χ1v) is 7.71. The lowest BCUT2D eigenvalue weighted by Crippen LogP contribution is -2.38. The summed E-state index contributed by atoms with van der Waals surface area (Å²) in [6, 6.07) is 6.42. The van der Waals surface area contributed by atoms with Gasteiger partial charge in [-0.25, -0.2) is 9.37 Å². The molecule has 1 saturated carbocycles. The van der Waals surface area contributed by atoms with Gasteiger partial charge in [-0.05, 0) is 30.9 Å². The number of thiazole rings is 1. The van der Waals surface area contributed by atoms with E-state index in [1.165, 1.54) is 23.6 Å². The quantitative estimate of drug-likeness (QED) is 0.839. The van der Waals surface area contributed by atoms with E-state index in [2.05, 4.69) is 10.3 Å². The number of rotatable bonds is 5. The minimum atomic E-state index is -0.338. The van der Waals surface area contributed by atoms with Gasteiger partial charge < -0.3 is 11.1 Å². The molecule has 1 heterocycles. The van der Waals surface area contributed by atoms with Crippen LogP contribution in [0.5, 0.6) is 0 Å². The topological polar surface area (TPSA) is 68.0 Å². The molecule has 0 spiro atoms. The average molecular weight is 378 g/mol. The highest BCUT2D eigenvalue weighted by molar-refractivity contribution is 7.16. The molecule has 0 radical (unpaired) electrons. The van der Waals surface area contributed by atoms with E-state index in [1.807, 2.05) is 0 Å². The lowest BCUT2D eigenvalue weighted by molar-refractivity contribution is 0.0954. The zero-order valence-corrected chi connectivity index (χ0v) is 14.6. The van der Waals surface area contributed by atoms with E-state index in [1.54, 1.807) is 18.2 Å². The van der Waals surface area contributed by atoms with Gasteiger partial charge in [-0.3, -0.25) is 4.79 Å². The van der Waals surface area contributed by atoms with Gasteiger partial charge in [0.1, 0.15) is 15.7 Å². The van der Waals surface area contributed by atoms with Crippen LogP contribution in [0, 0.1) is 11.7 Å². The zero-order chi connectivity index (χ0) is 14.8. The summed E-state index contributed by atoms with van der Waals surface area (Å²) in [5.41, 5.74) is 6.36. The number of benzene rings is 1. The van der Waals surface area contributed by atoms with Gasteiger partial charge in [0, 0.05) is 18.2 Å². The third-order valence-electron chi connectivity index (χ3n) is 3.56. The van der Waals surface area contributed by atoms with Crippen LogP contribution in [0.3, 0.4) is 0 Å².